The minimum Gasteiger partial charge on any atom is -0.481 e. The molecule has 0 bridgehead atoms. The zero-order chi connectivity index (χ0) is 15.1. The predicted octanol–water partition coefficient (Wildman–Crippen LogP) is 1.51. The molecule has 0 aliphatic carbocycles. The molecular weight excluding hydrogens is 330 g/mol. The van der Waals surface area contributed by atoms with Crippen LogP contribution < -0.4 is 5.32 Å². The van der Waals surface area contributed by atoms with E-state index in [0.29, 0.717) is 0 Å². The normalized spacial score (nSPS) is 12.1. The van der Waals surface area contributed by atoms with E-state index in [4.69, 9.17) is 10.2 Å². The Morgan fingerprint density at radius 1 is 1.20 bits per heavy atom. The molecule has 3 N–H and O–H groups in total. The van der Waals surface area contributed by atoms with Crippen molar-refractivity contribution < 1.29 is 24.6 Å². The first-order valence-corrected chi connectivity index (χ1v) is 6.36. The number of carboxylic acids is 2. The van der Waals surface area contributed by atoms with E-state index >= 15 is 0 Å². The van der Waals surface area contributed by atoms with Gasteiger partial charge in [0.25, 0.3) is 0 Å². The van der Waals surface area contributed by atoms with E-state index in [9.17, 15) is 14.4 Å². The van der Waals surface area contributed by atoms with Gasteiger partial charge in [-0.1, -0.05) is 28.1 Å². The lowest BCUT2D eigenvalue weighted by atomic mass is 10.2. The third-order valence-electron chi connectivity index (χ3n) is 2.29. The van der Waals surface area contributed by atoms with Crippen LogP contribution in [0.25, 0.3) is 6.08 Å². The van der Waals surface area contributed by atoms with Gasteiger partial charge in [-0.3, -0.25) is 9.59 Å². The second-order valence-corrected chi connectivity index (χ2v) is 4.80. The van der Waals surface area contributed by atoms with Crippen LogP contribution in [-0.2, 0) is 14.4 Å². The van der Waals surface area contributed by atoms with Gasteiger partial charge in [-0.05, 0) is 23.8 Å². The monoisotopic (exact) mass is 341 g/mol. The Hall–Kier alpha value is -2.15. The molecule has 6 nitrogen and oxygen atoms in total. The lowest BCUT2D eigenvalue weighted by molar-refractivity contribution is -0.146. The molecule has 0 fully saturated rings. The number of halogens is 1. The van der Waals surface area contributed by atoms with Crippen LogP contribution in [0.3, 0.4) is 0 Å². The van der Waals surface area contributed by atoms with Gasteiger partial charge in [-0.25, -0.2) is 4.79 Å². The lowest BCUT2D eigenvalue weighted by Gasteiger charge is -2.10. The number of aliphatic carboxylic acids is 2. The largest absolute Gasteiger partial charge is 0.481 e. The van der Waals surface area contributed by atoms with Gasteiger partial charge >= 0.3 is 11.9 Å². The van der Waals surface area contributed by atoms with Gasteiger partial charge in [0.2, 0.25) is 5.91 Å². The van der Waals surface area contributed by atoms with Crippen LogP contribution in [0.5, 0.6) is 0 Å². The van der Waals surface area contributed by atoms with Gasteiger partial charge in [0.15, 0.2) is 0 Å². The summed E-state index contributed by atoms with van der Waals surface area (Å²) in [6, 6.07) is 5.67. The molecule has 0 spiro atoms. The highest BCUT2D eigenvalue weighted by atomic mass is 79.9. The van der Waals surface area contributed by atoms with Gasteiger partial charge in [-0.15, -0.1) is 0 Å². The van der Waals surface area contributed by atoms with E-state index in [1.54, 1.807) is 24.3 Å². The third kappa shape index (κ3) is 5.66. The molecule has 1 aromatic rings. The molecule has 1 amide bonds. The van der Waals surface area contributed by atoms with E-state index in [-0.39, 0.29) is 0 Å². The molecule has 0 aliphatic rings. The van der Waals surface area contributed by atoms with E-state index in [2.05, 4.69) is 21.2 Å². The van der Waals surface area contributed by atoms with E-state index in [1.807, 2.05) is 0 Å². The number of carbonyl (C=O) groups is 3. The number of nitrogens with one attached hydrogen (secondary N) is 1. The second kappa shape index (κ2) is 7.44. The summed E-state index contributed by atoms with van der Waals surface area (Å²) < 4.78 is 0.895. The van der Waals surface area contributed by atoms with Crippen molar-refractivity contribution in [1.29, 1.82) is 0 Å². The van der Waals surface area contributed by atoms with Gasteiger partial charge in [0.05, 0.1) is 6.42 Å². The van der Waals surface area contributed by atoms with E-state index < -0.39 is 30.3 Å². The van der Waals surface area contributed by atoms with Crippen LogP contribution in [-0.4, -0.2) is 34.1 Å². The SMILES string of the molecule is O=C(O)C[C@H](NC(=O)/C=C/c1ccc(Br)cc1)C(=O)O. The average molecular weight is 342 g/mol. The molecule has 1 atom stereocenters. The van der Waals surface area contributed by atoms with Crippen molar-refractivity contribution in [2.75, 3.05) is 0 Å². The Morgan fingerprint density at radius 2 is 1.80 bits per heavy atom. The van der Waals surface area contributed by atoms with Crippen molar-refractivity contribution in [3.8, 4) is 0 Å². The molecule has 0 saturated heterocycles. The molecule has 7 heteroatoms. The molecular formula is C13H12BrNO5. The fourth-order valence-electron chi connectivity index (χ4n) is 1.34. The molecule has 106 valence electrons. The molecule has 0 aromatic heterocycles. The minimum atomic E-state index is -1.45. The van der Waals surface area contributed by atoms with Crippen LogP contribution in [0, 0.1) is 0 Å². The first-order valence-electron chi connectivity index (χ1n) is 5.57. The van der Waals surface area contributed by atoms with Crippen molar-refractivity contribution in [2.24, 2.45) is 0 Å². The Morgan fingerprint density at radius 3 is 2.30 bits per heavy atom. The Bertz CT molecular complexity index is 538. The average Bonchev–Trinajstić information content (AvgIpc) is 2.36. The summed E-state index contributed by atoms with van der Waals surface area (Å²) in [4.78, 5) is 32.8. The van der Waals surface area contributed by atoms with Gasteiger partial charge in [0, 0.05) is 10.5 Å². The van der Waals surface area contributed by atoms with E-state index in [1.165, 1.54) is 6.08 Å². The fourth-order valence-corrected chi connectivity index (χ4v) is 1.60. The molecule has 1 aromatic carbocycles. The quantitative estimate of drug-likeness (QED) is 0.680. The topological polar surface area (TPSA) is 104 Å². The zero-order valence-electron chi connectivity index (χ0n) is 10.2. The maximum Gasteiger partial charge on any atom is 0.326 e. The van der Waals surface area contributed by atoms with Gasteiger partial charge < -0.3 is 15.5 Å². The molecule has 0 heterocycles. The molecule has 0 saturated carbocycles. The molecule has 0 unspecified atom stereocenters. The van der Waals surface area contributed by atoms with Crippen LogP contribution in [0.1, 0.15) is 12.0 Å². The van der Waals surface area contributed by atoms with Crippen LogP contribution in [0.4, 0.5) is 0 Å². The molecule has 1 rings (SSSR count). The standard InChI is InChI=1S/C13H12BrNO5/c14-9-4-1-8(2-5-9)3-6-11(16)15-10(13(19)20)7-12(17)18/h1-6,10H,7H2,(H,15,16)(H,17,18)(H,19,20)/b6-3+/t10-/m0/s1. The predicted molar refractivity (Wildman–Crippen MR) is 75.0 cm³/mol. The highest BCUT2D eigenvalue weighted by Gasteiger charge is 2.21. The number of carbonyl (C=O) groups excluding carboxylic acids is 1. The number of hydrogen-bond acceptors (Lipinski definition) is 3. The number of carboxylic acid groups (broad SMARTS) is 2. The third-order valence-corrected chi connectivity index (χ3v) is 2.82. The van der Waals surface area contributed by atoms with Crippen LogP contribution in [0.15, 0.2) is 34.8 Å². The fraction of sp³-hybridized carbons (Fsp3) is 0.154. The van der Waals surface area contributed by atoms with Crippen LogP contribution >= 0.6 is 15.9 Å². The number of amides is 1. The van der Waals surface area contributed by atoms with Crippen molar-refractivity contribution in [3.05, 3.63) is 40.4 Å². The van der Waals surface area contributed by atoms with Crippen molar-refractivity contribution >= 4 is 39.9 Å². The lowest BCUT2D eigenvalue weighted by Crippen LogP contribution is -2.41. The highest BCUT2D eigenvalue weighted by molar-refractivity contribution is 9.10. The first-order chi connectivity index (χ1) is 9.38. The smallest absolute Gasteiger partial charge is 0.326 e. The molecule has 20 heavy (non-hydrogen) atoms. The Kier molecular flexibility index (Phi) is 5.92. The summed E-state index contributed by atoms with van der Waals surface area (Å²) in [7, 11) is 0. The second-order valence-electron chi connectivity index (χ2n) is 3.88. The maximum absolute atomic E-state index is 11.5. The van der Waals surface area contributed by atoms with Gasteiger partial charge in [0.1, 0.15) is 6.04 Å². The Labute approximate surface area is 123 Å². The summed E-state index contributed by atoms with van der Waals surface area (Å²) in [6.07, 6.45) is 1.98. The first kappa shape index (κ1) is 15.9. The van der Waals surface area contributed by atoms with Crippen LogP contribution in [0.2, 0.25) is 0 Å². The minimum absolute atomic E-state index is 0.665. The Balaban J connectivity index is 2.63. The summed E-state index contributed by atoms with van der Waals surface area (Å²) in [6.45, 7) is 0. The van der Waals surface area contributed by atoms with Gasteiger partial charge in [-0.2, -0.15) is 0 Å². The van der Waals surface area contributed by atoms with Crippen molar-refractivity contribution in [3.63, 3.8) is 0 Å². The number of rotatable bonds is 6. The molecule has 0 radical (unpaired) electrons. The summed E-state index contributed by atoms with van der Waals surface area (Å²) in [5.41, 5.74) is 0.758. The zero-order valence-corrected chi connectivity index (χ0v) is 11.8. The molecule has 0 aliphatic heterocycles. The van der Waals surface area contributed by atoms with Crippen molar-refractivity contribution in [1.82, 2.24) is 5.32 Å². The van der Waals surface area contributed by atoms with E-state index in [0.717, 1.165) is 16.1 Å². The maximum atomic E-state index is 11.5. The number of hydrogen-bond donors (Lipinski definition) is 3. The number of benzene rings is 1. The highest BCUT2D eigenvalue weighted by Crippen LogP contribution is 2.11. The summed E-state index contributed by atoms with van der Waals surface area (Å²) in [5.74, 6) is -3.35. The summed E-state index contributed by atoms with van der Waals surface area (Å²) >= 11 is 3.27. The van der Waals surface area contributed by atoms with Crippen molar-refractivity contribution in [2.45, 2.75) is 12.5 Å². The summed E-state index contributed by atoms with van der Waals surface area (Å²) in [5, 5.41) is 19.4.